The van der Waals surface area contributed by atoms with Crippen molar-refractivity contribution in [3.8, 4) is 0 Å². The zero-order chi connectivity index (χ0) is 19.6. The molecule has 0 saturated carbocycles. The van der Waals surface area contributed by atoms with Crippen molar-refractivity contribution in [1.82, 2.24) is 30.3 Å². The molecule has 1 aliphatic heterocycles. The minimum atomic E-state index is 0. The molecule has 0 aliphatic carbocycles. The number of rotatable bonds is 9. The van der Waals surface area contributed by atoms with Crippen molar-refractivity contribution < 1.29 is 4.74 Å². The van der Waals surface area contributed by atoms with Crippen LogP contribution in [0.3, 0.4) is 0 Å². The maximum atomic E-state index is 5.94. The van der Waals surface area contributed by atoms with Gasteiger partial charge in [-0.2, -0.15) is 0 Å². The van der Waals surface area contributed by atoms with E-state index in [4.69, 9.17) is 9.73 Å². The molecule has 28 heavy (non-hydrogen) atoms. The molecule has 162 valence electrons. The van der Waals surface area contributed by atoms with Gasteiger partial charge in [-0.05, 0) is 19.3 Å². The van der Waals surface area contributed by atoms with E-state index in [-0.39, 0.29) is 30.1 Å². The first-order valence-electron chi connectivity index (χ1n) is 10.2. The van der Waals surface area contributed by atoms with Crippen molar-refractivity contribution in [3.05, 3.63) is 11.6 Å². The van der Waals surface area contributed by atoms with E-state index in [0.717, 1.165) is 69.8 Å². The van der Waals surface area contributed by atoms with Gasteiger partial charge in [-0.3, -0.25) is 4.90 Å². The predicted molar refractivity (Wildman–Crippen MR) is 124 cm³/mol. The van der Waals surface area contributed by atoms with E-state index < -0.39 is 0 Å². The Balaban J connectivity index is 0.00000392. The number of unbranched alkanes of at least 4 members (excludes halogenated alkanes) is 1. The summed E-state index contributed by atoms with van der Waals surface area (Å²) in [6.07, 6.45) is 2.46. The van der Waals surface area contributed by atoms with Gasteiger partial charge in [-0.1, -0.05) is 27.2 Å². The van der Waals surface area contributed by atoms with Crippen LogP contribution in [0.2, 0.25) is 0 Å². The summed E-state index contributed by atoms with van der Waals surface area (Å²) in [7, 11) is 1.97. The van der Waals surface area contributed by atoms with Gasteiger partial charge >= 0.3 is 0 Å². The van der Waals surface area contributed by atoms with Gasteiger partial charge in [-0.25, -0.2) is 4.99 Å². The topological polar surface area (TPSA) is 79.6 Å². The van der Waals surface area contributed by atoms with E-state index in [1.807, 2.05) is 18.5 Å². The highest BCUT2D eigenvalue weighted by Crippen LogP contribution is 2.07. The quantitative estimate of drug-likeness (QED) is 0.230. The first kappa shape index (κ1) is 25.1. The summed E-state index contributed by atoms with van der Waals surface area (Å²) in [6.45, 7) is 14.7. The second-order valence-electron chi connectivity index (χ2n) is 7.69. The zero-order valence-electron chi connectivity index (χ0n) is 18.1. The van der Waals surface area contributed by atoms with Gasteiger partial charge in [0.25, 0.3) is 0 Å². The molecule has 2 heterocycles. The van der Waals surface area contributed by atoms with Crippen molar-refractivity contribution >= 4 is 29.9 Å². The molecule has 1 aromatic heterocycles. The summed E-state index contributed by atoms with van der Waals surface area (Å²) < 4.78 is 7.91. The number of aliphatic imine (C=N–C) groups is 1. The lowest BCUT2D eigenvalue weighted by molar-refractivity contribution is -0.0284. The minimum absolute atomic E-state index is 0. The van der Waals surface area contributed by atoms with E-state index in [0.29, 0.717) is 12.5 Å². The minimum Gasteiger partial charge on any atom is -0.374 e. The molecule has 0 radical (unpaired) electrons. The number of guanidine groups is 1. The van der Waals surface area contributed by atoms with Gasteiger partial charge < -0.3 is 19.9 Å². The van der Waals surface area contributed by atoms with Crippen molar-refractivity contribution in [1.29, 1.82) is 0 Å². The Morgan fingerprint density at radius 1 is 1.32 bits per heavy atom. The fourth-order valence-corrected chi connectivity index (χ4v) is 3.09. The average Bonchev–Trinajstić information content (AvgIpc) is 2.95. The Morgan fingerprint density at radius 2 is 2.11 bits per heavy atom. The lowest BCUT2D eigenvalue weighted by Gasteiger charge is -2.34. The third-order valence-electron chi connectivity index (χ3n) is 4.73. The van der Waals surface area contributed by atoms with Gasteiger partial charge in [0, 0.05) is 39.8 Å². The Kier molecular flexibility index (Phi) is 11.9. The maximum Gasteiger partial charge on any atom is 0.191 e. The van der Waals surface area contributed by atoms with E-state index in [9.17, 15) is 0 Å². The first-order chi connectivity index (χ1) is 13.0. The molecule has 2 rings (SSSR count). The van der Waals surface area contributed by atoms with Crippen LogP contribution in [0.4, 0.5) is 0 Å². The van der Waals surface area contributed by atoms with Crippen molar-refractivity contribution in [2.75, 3.05) is 39.3 Å². The molecule has 2 N–H and O–H groups in total. The van der Waals surface area contributed by atoms with Crippen LogP contribution in [0.25, 0.3) is 0 Å². The largest absolute Gasteiger partial charge is 0.374 e. The van der Waals surface area contributed by atoms with Crippen LogP contribution in [0, 0.1) is 12.8 Å². The van der Waals surface area contributed by atoms with Gasteiger partial charge in [-0.15, -0.1) is 34.2 Å². The Morgan fingerprint density at radius 3 is 2.75 bits per heavy atom. The van der Waals surface area contributed by atoms with Gasteiger partial charge in [0.15, 0.2) is 11.8 Å². The normalized spacial score (nSPS) is 18.2. The highest BCUT2D eigenvalue weighted by molar-refractivity contribution is 14.0. The van der Waals surface area contributed by atoms with Crippen LogP contribution in [-0.2, 0) is 18.3 Å². The summed E-state index contributed by atoms with van der Waals surface area (Å²) in [5.74, 6) is 3.25. The van der Waals surface area contributed by atoms with E-state index in [2.05, 4.69) is 46.5 Å². The Hall–Kier alpha value is -0.940. The summed E-state index contributed by atoms with van der Waals surface area (Å²) in [6, 6.07) is 0. The highest BCUT2D eigenvalue weighted by Gasteiger charge is 2.21. The molecule has 1 aliphatic rings. The summed E-state index contributed by atoms with van der Waals surface area (Å²) in [5, 5.41) is 15.1. The molecule has 0 amide bonds. The SMILES string of the molecule is CCCCNC(=NCc1nnc(C)n1C)NCC1CN(CC(C)C)CCO1.I. The fourth-order valence-electron chi connectivity index (χ4n) is 3.09. The van der Waals surface area contributed by atoms with Crippen LogP contribution in [-0.4, -0.2) is 71.1 Å². The summed E-state index contributed by atoms with van der Waals surface area (Å²) in [5.41, 5.74) is 0. The third-order valence-corrected chi connectivity index (χ3v) is 4.73. The van der Waals surface area contributed by atoms with Crippen LogP contribution >= 0.6 is 24.0 Å². The number of nitrogens with zero attached hydrogens (tertiary/aromatic N) is 5. The molecule has 1 fully saturated rings. The van der Waals surface area contributed by atoms with E-state index >= 15 is 0 Å². The molecule has 0 bridgehead atoms. The van der Waals surface area contributed by atoms with Crippen LogP contribution in [0.1, 0.15) is 45.3 Å². The molecular weight excluding hydrogens is 469 g/mol. The van der Waals surface area contributed by atoms with Crippen LogP contribution in [0.15, 0.2) is 4.99 Å². The molecule has 0 spiro atoms. The number of nitrogens with one attached hydrogen (secondary N) is 2. The molecule has 1 atom stereocenters. The number of hydrogen-bond acceptors (Lipinski definition) is 5. The van der Waals surface area contributed by atoms with E-state index in [1.165, 1.54) is 0 Å². The molecule has 9 heteroatoms. The Bertz CT molecular complexity index is 591. The lowest BCUT2D eigenvalue weighted by atomic mass is 10.2. The zero-order valence-corrected chi connectivity index (χ0v) is 20.4. The third kappa shape index (κ3) is 8.60. The summed E-state index contributed by atoms with van der Waals surface area (Å²) in [4.78, 5) is 7.18. The second kappa shape index (κ2) is 13.3. The number of morpholine rings is 1. The monoisotopic (exact) mass is 507 g/mol. The first-order valence-corrected chi connectivity index (χ1v) is 10.2. The highest BCUT2D eigenvalue weighted by atomic mass is 127. The molecule has 1 saturated heterocycles. The second-order valence-corrected chi connectivity index (χ2v) is 7.69. The number of aryl methyl sites for hydroxylation is 1. The molecule has 1 unspecified atom stereocenters. The smallest absolute Gasteiger partial charge is 0.191 e. The standard InChI is InChI=1S/C19H37N7O.HI/c1-6-7-8-20-19(22-12-18-24-23-16(4)25(18)5)21-11-17-14-26(9-10-27-17)13-15(2)3;/h15,17H,6-14H2,1-5H3,(H2,20,21,22);1H. The predicted octanol–water partition coefficient (Wildman–Crippen LogP) is 1.93. The van der Waals surface area contributed by atoms with Crippen molar-refractivity contribution in [2.45, 2.75) is 53.2 Å². The number of halogens is 1. The average molecular weight is 507 g/mol. The number of hydrogen-bond donors (Lipinski definition) is 2. The number of ether oxygens (including phenoxy) is 1. The lowest BCUT2D eigenvalue weighted by Crippen LogP contribution is -2.50. The maximum absolute atomic E-state index is 5.94. The van der Waals surface area contributed by atoms with Crippen LogP contribution in [0.5, 0.6) is 0 Å². The summed E-state index contributed by atoms with van der Waals surface area (Å²) >= 11 is 0. The number of aromatic nitrogens is 3. The molecule has 0 aromatic carbocycles. The Labute approximate surface area is 186 Å². The van der Waals surface area contributed by atoms with Crippen LogP contribution < -0.4 is 10.6 Å². The molecule has 1 aromatic rings. The fraction of sp³-hybridized carbons (Fsp3) is 0.842. The molecule has 8 nitrogen and oxygen atoms in total. The van der Waals surface area contributed by atoms with Gasteiger partial charge in [0.2, 0.25) is 0 Å². The van der Waals surface area contributed by atoms with Gasteiger partial charge in [0.1, 0.15) is 12.4 Å². The van der Waals surface area contributed by atoms with Crippen molar-refractivity contribution in [3.63, 3.8) is 0 Å². The molecular formula is C19H38IN7O. The van der Waals surface area contributed by atoms with Gasteiger partial charge in [0.05, 0.1) is 12.7 Å². The van der Waals surface area contributed by atoms with E-state index in [1.54, 1.807) is 0 Å². The van der Waals surface area contributed by atoms with Crippen molar-refractivity contribution in [2.24, 2.45) is 18.0 Å².